The molecule has 5 nitrogen and oxygen atoms in total. The van der Waals surface area contributed by atoms with E-state index in [0.717, 1.165) is 32.5 Å². The molecule has 0 spiro atoms. The number of hydrogen-bond donors (Lipinski definition) is 2. The second kappa shape index (κ2) is 7.98. The first-order chi connectivity index (χ1) is 13.9. The minimum Gasteiger partial charge on any atom is -0.375 e. The second-order valence-electron chi connectivity index (χ2n) is 6.68. The highest BCUT2D eigenvalue weighted by Gasteiger charge is 2.17. The van der Waals surface area contributed by atoms with Crippen molar-refractivity contribution >= 4 is 38.8 Å². The lowest BCUT2D eigenvalue weighted by Gasteiger charge is -2.12. The van der Waals surface area contributed by atoms with E-state index in [1.807, 2.05) is 18.2 Å². The first kappa shape index (κ1) is 19.6. The SMILES string of the molecule is Nc1nc(C[C@@H](N)Cc2cnc(F)c(Cl)c2)c(-c2ccc3cnc(F)cc3c2)s1. The maximum atomic E-state index is 13.5. The molecule has 1 atom stereocenters. The van der Waals surface area contributed by atoms with Gasteiger partial charge in [0.05, 0.1) is 15.6 Å². The monoisotopic (exact) mass is 431 g/mol. The summed E-state index contributed by atoms with van der Waals surface area (Å²) in [4.78, 5) is 12.6. The molecule has 0 aliphatic carbocycles. The lowest BCUT2D eigenvalue weighted by Crippen LogP contribution is -2.26. The molecule has 4 aromatic rings. The van der Waals surface area contributed by atoms with Crippen molar-refractivity contribution in [2.45, 2.75) is 18.9 Å². The number of hydrogen-bond acceptors (Lipinski definition) is 6. The molecule has 148 valence electrons. The molecule has 0 amide bonds. The normalized spacial score (nSPS) is 12.4. The summed E-state index contributed by atoms with van der Waals surface area (Å²) < 4.78 is 26.7. The molecular weight excluding hydrogens is 416 g/mol. The average molecular weight is 432 g/mol. The van der Waals surface area contributed by atoms with Gasteiger partial charge in [-0.1, -0.05) is 35.1 Å². The Bertz CT molecular complexity index is 1200. The van der Waals surface area contributed by atoms with Crippen molar-refractivity contribution in [2.75, 3.05) is 5.73 Å². The third kappa shape index (κ3) is 4.34. The zero-order chi connectivity index (χ0) is 20.5. The minimum absolute atomic E-state index is 0.0359. The highest BCUT2D eigenvalue weighted by atomic mass is 35.5. The van der Waals surface area contributed by atoms with Crippen LogP contribution in [0, 0.1) is 11.9 Å². The van der Waals surface area contributed by atoms with Gasteiger partial charge < -0.3 is 11.5 Å². The number of anilines is 1. The van der Waals surface area contributed by atoms with Gasteiger partial charge in [-0.3, -0.25) is 0 Å². The topological polar surface area (TPSA) is 90.7 Å². The number of rotatable bonds is 5. The van der Waals surface area contributed by atoms with Crippen molar-refractivity contribution in [3.8, 4) is 10.4 Å². The number of nitrogens with zero attached hydrogens (tertiary/aromatic N) is 3. The highest BCUT2D eigenvalue weighted by molar-refractivity contribution is 7.18. The van der Waals surface area contributed by atoms with Crippen LogP contribution in [-0.4, -0.2) is 21.0 Å². The van der Waals surface area contributed by atoms with Crippen LogP contribution in [0.15, 0.2) is 42.7 Å². The average Bonchev–Trinajstić information content (AvgIpc) is 3.04. The maximum Gasteiger partial charge on any atom is 0.231 e. The zero-order valence-electron chi connectivity index (χ0n) is 15.1. The largest absolute Gasteiger partial charge is 0.375 e. The second-order valence-corrected chi connectivity index (χ2v) is 8.12. The Morgan fingerprint density at radius 3 is 2.66 bits per heavy atom. The Kier molecular flexibility index (Phi) is 5.40. The van der Waals surface area contributed by atoms with Crippen LogP contribution in [0.1, 0.15) is 11.3 Å². The molecule has 3 heterocycles. The van der Waals surface area contributed by atoms with Gasteiger partial charge in [-0.15, -0.1) is 0 Å². The Morgan fingerprint density at radius 2 is 1.86 bits per heavy atom. The van der Waals surface area contributed by atoms with Crippen LogP contribution in [0.2, 0.25) is 5.02 Å². The van der Waals surface area contributed by atoms with Crippen LogP contribution >= 0.6 is 22.9 Å². The minimum atomic E-state index is -0.707. The fourth-order valence-electron chi connectivity index (χ4n) is 3.19. The van der Waals surface area contributed by atoms with E-state index in [2.05, 4.69) is 15.0 Å². The standard InChI is InChI=1S/C20H16ClF2N5S/c21-15-4-10(8-27-19(15)23)3-14(24)7-16-18(29-20(25)28-16)11-1-2-12-9-26-17(22)6-13(12)5-11/h1-2,4-6,8-9,14H,3,7,24H2,(H2,25,28)/t14-/m0/s1. The molecule has 0 bridgehead atoms. The van der Waals surface area contributed by atoms with Gasteiger partial charge in [0.25, 0.3) is 0 Å². The van der Waals surface area contributed by atoms with Crippen LogP contribution in [0.3, 0.4) is 0 Å². The molecule has 1 aromatic carbocycles. The molecule has 29 heavy (non-hydrogen) atoms. The number of benzene rings is 1. The molecule has 0 saturated heterocycles. The lowest BCUT2D eigenvalue weighted by atomic mass is 10.0. The number of aromatic nitrogens is 3. The first-order valence-corrected chi connectivity index (χ1v) is 9.95. The van der Waals surface area contributed by atoms with Crippen LogP contribution < -0.4 is 11.5 Å². The van der Waals surface area contributed by atoms with Gasteiger partial charge in [-0.2, -0.15) is 8.78 Å². The predicted molar refractivity (Wildman–Crippen MR) is 112 cm³/mol. The van der Waals surface area contributed by atoms with Gasteiger partial charge in [0.1, 0.15) is 0 Å². The van der Waals surface area contributed by atoms with Gasteiger partial charge in [0, 0.05) is 36.3 Å². The van der Waals surface area contributed by atoms with Crippen molar-refractivity contribution < 1.29 is 8.78 Å². The van der Waals surface area contributed by atoms with E-state index in [1.165, 1.54) is 35.9 Å². The Labute approximate surface area is 174 Å². The van der Waals surface area contributed by atoms with Crippen molar-refractivity contribution in [3.05, 3.63) is 70.9 Å². The molecule has 4 N–H and O–H groups in total. The van der Waals surface area contributed by atoms with E-state index in [1.54, 1.807) is 0 Å². The van der Waals surface area contributed by atoms with Crippen molar-refractivity contribution in [2.24, 2.45) is 5.73 Å². The van der Waals surface area contributed by atoms with Gasteiger partial charge in [-0.05, 0) is 35.1 Å². The fourth-order valence-corrected chi connectivity index (χ4v) is 4.23. The number of thiazole rings is 1. The summed E-state index contributed by atoms with van der Waals surface area (Å²) in [6.45, 7) is 0. The van der Waals surface area contributed by atoms with Crippen LogP contribution in [0.5, 0.6) is 0 Å². The third-order valence-corrected chi connectivity index (χ3v) is 5.71. The van der Waals surface area contributed by atoms with E-state index in [9.17, 15) is 8.78 Å². The summed E-state index contributed by atoms with van der Waals surface area (Å²) >= 11 is 7.14. The van der Waals surface area contributed by atoms with E-state index < -0.39 is 11.9 Å². The quantitative estimate of drug-likeness (QED) is 0.457. The van der Waals surface area contributed by atoms with Crippen molar-refractivity contribution in [1.82, 2.24) is 15.0 Å². The summed E-state index contributed by atoms with van der Waals surface area (Å²) in [5.41, 5.74) is 14.6. The summed E-state index contributed by atoms with van der Waals surface area (Å²) in [7, 11) is 0. The number of fused-ring (bicyclic) bond motifs is 1. The predicted octanol–water partition coefficient (Wildman–Crippen LogP) is 4.38. The maximum absolute atomic E-state index is 13.5. The van der Waals surface area contributed by atoms with E-state index in [-0.39, 0.29) is 11.1 Å². The number of nitrogens with two attached hydrogens (primary N) is 2. The van der Waals surface area contributed by atoms with Crippen LogP contribution in [0.4, 0.5) is 13.9 Å². The van der Waals surface area contributed by atoms with E-state index in [4.69, 9.17) is 23.1 Å². The third-order valence-electron chi connectivity index (χ3n) is 4.47. The molecule has 0 radical (unpaired) electrons. The molecule has 9 heteroatoms. The number of pyridine rings is 2. The summed E-state index contributed by atoms with van der Waals surface area (Å²) in [6, 6.07) is 8.30. The van der Waals surface area contributed by atoms with Crippen molar-refractivity contribution in [3.63, 3.8) is 0 Å². The molecular formula is C20H16ClF2N5S. The van der Waals surface area contributed by atoms with Gasteiger partial charge in [0.15, 0.2) is 5.13 Å². The van der Waals surface area contributed by atoms with E-state index in [0.29, 0.717) is 18.0 Å². The molecule has 4 rings (SSSR count). The number of halogens is 3. The lowest BCUT2D eigenvalue weighted by molar-refractivity contribution is 0.579. The molecule has 0 fully saturated rings. The Hall–Kier alpha value is -2.68. The molecule has 0 unspecified atom stereocenters. The van der Waals surface area contributed by atoms with Gasteiger partial charge in [-0.25, -0.2) is 15.0 Å². The fraction of sp³-hybridized carbons (Fsp3) is 0.150. The van der Waals surface area contributed by atoms with E-state index >= 15 is 0 Å². The Balaban J connectivity index is 1.60. The molecule has 0 saturated carbocycles. The Morgan fingerprint density at radius 1 is 1.03 bits per heavy atom. The smallest absolute Gasteiger partial charge is 0.231 e. The summed E-state index contributed by atoms with van der Waals surface area (Å²) in [5, 5.41) is 1.97. The van der Waals surface area contributed by atoms with Crippen LogP contribution in [-0.2, 0) is 12.8 Å². The highest BCUT2D eigenvalue weighted by Crippen LogP contribution is 2.34. The number of nitrogen functional groups attached to an aromatic ring is 1. The van der Waals surface area contributed by atoms with Crippen molar-refractivity contribution in [1.29, 1.82) is 0 Å². The molecule has 0 aliphatic rings. The molecule has 3 aromatic heterocycles. The van der Waals surface area contributed by atoms with Crippen LogP contribution in [0.25, 0.3) is 21.2 Å². The zero-order valence-corrected chi connectivity index (χ0v) is 16.6. The summed E-state index contributed by atoms with van der Waals surface area (Å²) in [5.74, 6) is -1.24. The summed E-state index contributed by atoms with van der Waals surface area (Å²) in [6.07, 6.45) is 3.83. The van der Waals surface area contributed by atoms with Gasteiger partial charge in [0.2, 0.25) is 11.9 Å². The molecule has 0 aliphatic heterocycles. The first-order valence-electron chi connectivity index (χ1n) is 8.75. The van der Waals surface area contributed by atoms with Gasteiger partial charge >= 0.3 is 0 Å².